The molecule has 0 aromatic heterocycles. The zero-order chi connectivity index (χ0) is 22.3. The van der Waals surface area contributed by atoms with Crippen molar-refractivity contribution in [2.45, 2.75) is 43.2 Å². The molecule has 3 rings (SSSR count). The van der Waals surface area contributed by atoms with E-state index in [9.17, 15) is 33.3 Å². The number of halogens is 3. The van der Waals surface area contributed by atoms with E-state index in [-0.39, 0.29) is 5.56 Å². The summed E-state index contributed by atoms with van der Waals surface area (Å²) in [4.78, 5) is 14.7. The van der Waals surface area contributed by atoms with E-state index in [1.54, 1.807) is 0 Å². The molecule has 5 N–H and O–H groups in total. The van der Waals surface area contributed by atoms with Crippen LogP contribution in [0.25, 0.3) is 0 Å². The number of nitrogens with zero attached hydrogens (tertiary/aromatic N) is 2. The molecule has 1 unspecified atom stereocenters. The van der Waals surface area contributed by atoms with Crippen molar-refractivity contribution in [3.63, 3.8) is 0 Å². The first-order valence-electron chi connectivity index (χ1n) is 8.96. The molecular formula is C18H22F3N3O6. The highest BCUT2D eigenvalue weighted by atomic mass is 19.4. The van der Waals surface area contributed by atoms with Crippen LogP contribution in [0.1, 0.15) is 11.1 Å². The van der Waals surface area contributed by atoms with Gasteiger partial charge in [0.05, 0.1) is 18.8 Å². The van der Waals surface area contributed by atoms with Crippen molar-refractivity contribution in [3.8, 4) is 0 Å². The first-order valence-corrected chi connectivity index (χ1v) is 8.96. The summed E-state index contributed by atoms with van der Waals surface area (Å²) < 4.78 is 50.1. The summed E-state index contributed by atoms with van der Waals surface area (Å²) in [6.45, 7) is -1.20. The molecule has 12 heteroatoms. The van der Waals surface area contributed by atoms with Gasteiger partial charge in [-0.25, -0.2) is 9.69 Å². The number of likely N-dealkylation sites (N-methyl/N-ethyl adjacent to an activating group) is 1. The summed E-state index contributed by atoms with van der Waals surface area (Å²) in [6, 6.07) is 3.53. The van der Waals surface area contributed by atoms with Crippen LogP contribution in [-0.2, 0) is 22.3 Å². The SMILES string of the molecule is CN1C(=O)N([C@]2(OCc3cccc(C(F)(F)F)c3)O[C@H](CO)[C@@H](O)[C@H]2O)C=CC1N. The molecule has 5 atom stereocenters. The summed E-state index contributed by atoms with van der Waals surface area (Å²) in [5.74, 6) is -2.30. The molecule has 2 amide bonds. The lowest BCUT2D eigenvalue weighted by molar-refractivity contribution is -0.319. The van der Waals surface area contributed by atoms with Gasteiger partial charge in [0.15, 0.2) is 6.10 Å². The van der Waals surface area contributed by atoms with Gasteiger partial charge in [-0.2, -0.15) is 13.2 Å². The molecule has 166 valence electrons. The number of ether oxygens (including phenoxy) is 2. The van der Waals surface area contributed by atoms with Crippen LogP contribution in [0.3, 0.4) is 0 Å². The van der Waals surface area contributed by atoms with E-state index in [1.165, 1.54) is 31.5 Å². The predicted molar refractivity (Wildman–Crippen MR) is 95.0 cm³/mol. The van der Waals surface area contributed by atoms with Crippen LogP contribution in [0.2, 0.25) is 0 Å². The highest BCUT2D eigenvalue weighted by molar-refractivity contribution is 5.77. The van der Waals surface area contributed by atoms with Gasteiger partial charge in [-0.15, -0.1) is 0 Å². The van der Waals surface area contributed by atoms with Crippen LogP contribution in [0.15, 0.2) is 36.5 Å². The first kappa shape index (κ1) is 22.5. The Morgan fingerprint density at radius 3 is 2.63 bits per heavy atom. The van der Waals surface area contributed by atoms with Crippen molar-refractivity contribution in [1.29, 1.82) is 0 Å². The minimum absolute atomic E-state index is 0.0837. The Morgan fingerprint density at radius 2 is 2.03 bits per heavy atom. The standard InChI is InChI=1S/C18H22F3N3O6/c1-23-13(22)5-6-24(16(23)28)18(15(27)14(26)12(8-25)30-18)29-9-10-3-2-4-11(7-10)17(19,20)21/h2-7,12-15,25-27H,8-9,22H2,1H3/t12-,13?,14-,15-,18-/m1/s1. The summed E-state index contributed by atoms with van der Waals surface area (Å²) in [5, 5.41) is 30.3. The average molecular weight is 433 g/mol. The van der Waals surface area contributed by atoms with Crippen LogP contribution in [-0.4, -0.2) is 75.2 Å². The number of amides is 2. The Labute approximate surface area is 169 Å². The zero-order valence-corrected chi connectivity index (χ0v) is 15.9. The van der Waals surface area contributed by atoms with Crippen LogP contribution in [0, 0.1) is 0 Å². The number of nitrogens with two attached hydrogens (primary N) is 1. The van der Waals surface area contributed by atoms with Gasteiger partial charge in [0, 0.05) is 13.2 Å². The Kier molecular flexibility index (Phi) is 6.09. The van der Waals surface area contributed by atoms with Crippen LogP contribution >= 0.6 is 0 Å². The van der Waals surface area contributed by atoms with E-state index in [2.05, 4.69) is 0 Å². The zero-order valence-electron chi connectivity index (χ0n) is 15.9. The number of carbonyl (C=O) groups excluding carboxylic acids is 1. The molecule has 0 radical (unpaired) electrons. The molecule has 2 aliphatic rings. The molecule has 2 aliphatic heterocycles. The van der Waals surface area contributed by atoms with Gasteiger partial charge in [-0.1, -0.05) is 12.1 Å². The van der Waals surface area contributed by atoms with E-state index in [1.807, 2.05) is 0 Å². The van der Waals surface area contributed by atoms with Crippen molar-refractivity contribution in [1.82, 2.24) is 9.80 Å². The number of hydrogen-bond acceptors (Lipinski definition) is 7. The number of benzene rings is 1. The topological polar surface area (TPSA) is 129 Å². The Hall–Kier alpha value is -2.22. The molecule has 1 fully saturated rings. The Balaban J connectivity index is 1.94. The fourth-order valence-electron chi connectivity index (χ4n) is 3.23. The highest BCUT2D eigenvalue weighted by Gasteiger charge is 2.61. The van der Waals surface area contributed by atoms with Crippen molar-refractivity contribution in [2.24, 2.45) is 5.73 Å². The molecule has 0 aliphatic carbocycles. The second-order valence-corrected chi connectivity index (χ2v) is 6.99. The van der Waals surface area contributed by atoms with Crippen molar-refractivity contribution in [2.75, 3.05) is 13.7 Å². The van der Waals surface area contributed by atoms with Gasteiger partial charge in [-0.3, -0.25) is 0 Å². The predicted octanol–water partition coefficient (Wildman–Crippen LogP) is 0.155. The first-order chi connectivity index (χ1) is 14.0. The molecule has 0 spiro atoms. The van der Waals surface area contributed by atoms with Crippen molar-refractivity contribution in [3.05, 3.63) is 47.7 Å². The number of aliphatic hydroxyl groups excluding tert-OH is 3. The summed E-state index contributed by atoms with van der Waals surface area (Å²) in [7, 11) is 1.38. The number of rotatable bonds is 5. The number of carbonyl (C=O) groups is 1. The lowest BCUT2D eigenvalue weighted by atomic mass is 10.1. The van der Waals surface area contributed by atoms with Crippen LogP contribution in [0.4, 0.5) is 18.0 Å². The maximum absolute atomic E-state index is 13.0. The average Bonchev–Trinajstić information content (AvgIpc) is 2.95. The lowest BCUT2D eigenvalue weighted by Gasteiger charge is -2.44. The van der Waals surface area contributed by atoms with Gasteiger partial charge in [0.2, 0.25) is 0 Å². The number of hydrogen-bond donors (Lipinski definition) is 4. The largest absolute Gasteiger partial charge is 0.416 e. The molecular weight excluding hydrogens is 411 g/mol. The monoisotopic (exact) mass is 433 g/mol. The molecule has 1 aromatic rings. The minimum atomic E-state index is -4.57. The summed E-state index contributed by atoms with van der Waals surface area (Å²) >= 11 is 0. The van der Waals surface area contributed by atoms with Gasteiger partial charge in [0.1, 0.15) is 18.4 Å². The van der Waals surface area contributed by atoms with Gasteiger partial charge >= 0.3 is 12.2 Å². The quantitative estimate of drug-likeness (QED) is 0.521. The molecule has 2 heterocycles. The number of urea groups is 1. The fraction of sp³-hybridized carbons (Fsp3) is 0.500. The van der Waals surface area contributed by atoms with E-state index in [0.717, 1.165) is 21.9 Å². The molecule has 1 aromatic carbocycles. The Bertz CT molecular complexity index is 823. The smallest absolute Gasteiger partial charge is 0.394 e. The highest BCUT2D eigenvalue weighted by Crippen LogP contribution is 2.38. The van der Waals surface area contributed by atoms with Gasteiger partial charge < -0.3 is 35.4 Å². The van der Waals surface area contributed by atoms with Gasteiger partial charge in [-0.05, 0) is 23.8 Å². The van der Waals surface area contributed by atoms with E-state index in [0.29, 0.717) is 0 Å². The second-order valence-electron chi connectivity index (χ2n) is 6.99. The van der Waals surface area contributed by atoms with Crippen molar-refractivity contribution < 1.29 is 42.8 Å². The van der Waals surface area contributed by atoms with Crippen LogP contribution < -0.4 is 5.73 Å². The minimum Gasteiger partial charge on any atom is -0.394 e. The molecule has 30 heavy (non-hydrogen) atoms. The van der Waals surface area contributed by atoms with Crippen molar-refractivity contribution >= 4 is 6.03 Å². The third kappa shape index (κ3) is 3.89. The molecule has 9 nitrogen and oxygen atoms in total. The lowest BCUT2D eigenvalue weighted by Crippen LogP contribution is -2.64. The third-order valence-corrected chi connectivity index (χ3v) is 5.00. The van der Waals surface area contributed by atoms with E-state index >= 15 is 0 Å². The fourth-order valence-corrected chi connectivity index (χ4v) is 3.23. The van der Waals surface area contributed by atoms with E-state index < -0.39 is 61.4 Å². The maximum Gasteiger partial charge on any atom is 0.416 e. The summed E-state index contributed by atoms with van der Waals surface area (Å²) in [5.41, 5.74) is 4.94. The molecule has 0 saturated carbocycles. The normalized spacial score (nSPS) is 32.2. The second kappa shape index (κ2) is 8.13. The van der Waals surface area contributed by atoms with E-state index in [4.69, 9.17) is 15.2 Å². The van der Waals surface area contributed by atoms with Gasteiger partial charge in [0.25, 0.3) is 5.91 Å². The number of aliphatic hydroxyl groups is 3. The summed E-state index contributed by atoms with van der Waals surface area (Å²) in [6.07, 6.45) is -7.52. The Morgan fingerprint density at radius 1 is 1.33 bits per heavy atom. The molecule has 0 bridgehead atoms. The molecule has 1 saturated heterocycles. The van der Waals surface area contributed by atoms with Crippen LogP contribution in [0.5, 0.6) is 0 Å². The third-order valence-electron chi connectivity index (χ3n) is 5.00. The maximum atomic E-state index is 13.0. The number of alkyl halides is 3.